The summed E-state index contributed by atoms with van der Waals surface area (Å²) in [5.41, 5.74) is 1.26. The Bertz CT molecular complexity index is 424. The van der Waals surface area contributed by atoms with Gasteiger partial charge in [0.05, 0.1) is 0 Å². The Kier molecular flexibility index (Phi) is 7.49. The molecule has 0 atom stereocenters. The summed E-state index contributed by atoms with van der Waals surface area (Å²) < 4.78 is 1.09. The van der Waals surface area contributed by atoms with E-state index in [4.69, 9.17) is 5.11 Å². The minimum absolute atomic E-state index is 0.223. The molecular weight excluding hydrogens is 326 g/mol. The van der Waals surface area contributed by atoms with Crippen molar-refractivity contribution in [3.8, 4) is 0 Å². The van der Waals surface area contributed by atoms with Gasteiger partial charge in [-0.3, -0.25) is 4.79 Å². The summed E-state index contributed by atoms with van der Waals surface area (Å²) in [6.45, 7) is 5.86. The number of carboxylic acid groups (broad SMARTS) is 1. The average molecular weight is 346 g/mol. The molecule has 0 saturated carbocycles. The van der Waals surface area contributed by atoms with Crippen LogP contribution in [-0.2, 0) is 11.3 Å². The fourth-order valence-corrected chi connectivity index (χ4v) is 3.13. The summed E-state index contributed by atoms with van der Waals surface area (Å²) in [5.74, 6) is -0.735. The summed E-state index contributed by atoms with van der Waals surface area (Å²) in [5, 5.41) is 12.4. The Balaban J connectivity index is 2.50. The zero-order valence-electron chi connectivity index (χ0n) is 11.3. The number of hydrogen-bond donors (Lipinski definition) is 2. The van der Waals surface area contributed by atoms with E-state index in [2.05, 4.69) is 47.2 Å². The zero-order valence-corrected chi connectivity index (χ0v) is 13.7. The number of rotatable bonds is 8. The van der Waals surface area contributed by atoms with Crippen LogP contribution in [0.15, 0.2) is 27.6 Å². The zero-order chi connectivity index (χ0) is 14.3. The highest BCUT2D eigenvalue weighted by molar-refractivity contribution is 9.10. The van der Waals surface area contributed by atoms with Crippen LogP contribution < -0.4 is 5.32 Å². The average Bonchev–Trinajstić information content (AvgIpc) is 2.30. The molecule has 0 bridgehead atoms. The van der Waals surface area contributed by atoms with Gasteiger partial charge in [-0.15, -0.1) is 11.8 Å². The van der Waals surface area contributed by atoms with E-state index in [0.29, 0.717) is 11.7 Å². The molecule has 0 heterocycles. The SMILES string of the molecule is CC(C)Sc1cc(Br)ccc1CNCCCC(=O)O. The van der Waals surface area contributed by atoms with E-state index >= 15 is 0 Å². The summed E-state index contributed by atoms with van der Waals surface area (Å²) in [6.07, 6.45) is 0.888. The molecule has 0 spiro atoms. The van der Waals surface area contributed by atoms with E-state index < -0.39 is 5.97 Å². The molecule has 0 aliphatic rings. The molecule has 0 unspecified atom stereocenters. The van der Waals surface area contributed by atoms with Crippen molar-refractivity contribution in [2.24, 2.45) is 0 Å². The normalized spacial score (nSPS) is 10.9. The number of halogens is 1. The topological polar surface area (TPSA) is 49.3 Å². The maximum absolute atomic E-state index is 10.4. The van der Waals surface area contributed by atoms with Gasteiger partial charge in [-0.25, -0.2) is 0 Å². The third-order valence-electron chi connectivity index (χ3n) is 2.45. The molecule has 5 heteroatoms. The van der Waals surface area contributed by atoms with Gasteiger partial charge >= 0.3 is 5.97 Å². The van der Waals surface area contributed by atoms with Crippen LogP contribution >= 0.6 is 27.7 Å². The van der Waals surface area contributed by atoms with Crippen LogP contribution in [0.25, 0.3) is 0 Å². The van der Waals surface area contributed by atoms with Gasteiger partial charge in [-0.1, -0.05) is 35.8 Å². The summed E-state index contributed by atoms with van der Waals surface area (Å²) in [4.78, 5) is 11.7. The van der Waals surface area contributed by atoms with E-state index in [-0.39, 0.29) is 6.42 Å². The lowest BCUT2D eigenvalue weighted by atomic mass is 10.2. The standard InChI is InChI=1S/C14H20BrNO2S/c1-10(2)19-13-8-12(15)6-5-11(13)9-16-7-3-4-14(17)18/h5-6,8,10,16H,3-4,7,9H2,1-2H3,(H,17,18). The number of carboxylic acids is 1. The van der Waals surface area contributed by atoms with Crippen LogP contribution in [0.1, 0.15) is 32.3 Å². The predicted octanol–water partition coefficient (Wildman–Crippen LogP) is 3.90. The van der Waals surface area contributed by atoms with Gasteiger partial charge in [-0.2, -0.15) is 0 Å². The Morgan fingerprint density at radius 3 is 2.84 bits per heavy atom. The minimum atomic E-state index is -0.735. The van der Waals surface area contributed by atoms with Crippen molar-refractivity contribution in [2.75, 3.05) is 6.54 Å². The highest BCUT2D eigenvalue weighted by atomic mass is 79.9. The smallest absolute Gasteiger partial charge is 0.303 e. The molecule has 0 radical (unpaired) electrons. The van der Waals surface area contributed by atoms with E-state index in [1.807, 2.05) is 17.8 Å². The largest absolute Gasteiger partial charge is 0.481 e. The van der Waals surface area contributed by atoms with E-state index in [1.165, 1.54) is 10.5 Å². The molecule has 1 aromatic rings. The van der Waals surface area contributed by atoms with Gasteiger partial charge in [0.2, 0.25) is 0 Å². The van der Waals surface area contributed by atoms with Crippen LogP contribution in [0, 0.1) is 0 Å². The molecule has 0 aliphatic carbocycles. The second-order valence-corrected chi connectivity index (χ2v) is 7.13. The van der Waals surface area contributed by atoms with Crippen molar-refractivity contribution in [3.05, 3.63) is 28.2 Å². The Labute approximate surface area is 127 Å². The molecule has 0 saturated heterocycles. The van der Waals surface area contributed by atoms with Crippen LogP contribution in [0.2, 0.25) is 0 Å². The Morgan fingerprint density at radius 1 is 1.47 bits per heavy atom. The van der Waals surface area contributed by atoms with E-state index in [0.717, 1.165) is 17.6 Å². The van der Waals surface area contributed by atoms with Gasteiger partial charge in [0.25, 0.3) is 0 Å². The first-order valence-corrected chi connectivity index (χ1v) is 8.04. The lowest BCUT2D eigenvalue weighted by Gasteiger charge is -2.12. The first-order chi connectivity index (χ1) is 8.99. The van der Waals surface area contributed by atoms with Crippen molar-refractivity contribution in [2.45, 2.75) is 43.4 Å². The minimum Gasteiger partial charge on any atom is -0.481 e. The van der Waals surface area contributed by atoms with Crippen molar-refractivity contribution in [3.63, 3.8) is 0 Å². The third-order valence-corrected chi connectivity index (χ3v) is 4.05. The van der Waals surface area contributed by atoms with Gasteiger partial charge in [0.15, 0.2) is 0 Å². The van der Waals surface area contributed by atoms with E-state index in [1.54, 1.807) is 0 Å². The molecule has 106 valence electrons. The van der Waals surface area contributed by atoms with Crippen molar-refractivity contribution in [1.82, 2.24) is 5.32 Å². The molecular formula is C14H20BrNO2S. The van der Waals surface area contributed by atoms with Crippen molar-refractivity contribution >= 4 is 33.7 Å². The van der Waals surface area contributed by atoms with Gasteiger partial charge in [0, 0.05) is 27.6 Å². The maximum Gasteiger partial charge on any atom is 0.303 e. The predicted molar refractivity (Wildman–Crippen MR) is 83.7 cm³/mol. The first-order valence-electron chi connectivity index (χ1n) is 6.36. The summed E-state index contributed by atoms with van der Waals surface area (Å²) >= 11 is 5.34. The number of aliphatic carboxylic acids is 1. The molecule has 1 aromatic carbocycles. The number of nitrogens with one attached hydrogen (secondary N) is 1. The number of thioether (sulfide) groups is 1. The fourth-order valence-electron chi connectivity index (χ4n) is 1.63. The van der Waals surface area contributed by atoms with Crippen LogP contribution in [0.3, 0.4) is 0 Å². The molecule has 1 rings (SSSR count). The Hall–Kier alpha value is -0.520. The monoisotopic (exact) mass is 345 g/mol. The fraction of sp³-hybridized carbons (Fsp3) is 0.500. The van der Waals surface area contributed by atoms with Gasteiger partial charge in [-0.05, 0) is 30.7 Å². The second-order valence-electron chi connectivity index (χ2n) is 4.59. The van der Waals surface area contributed by atoms with Crippen LogP contribution in [0.4, 0.5) is 0 Å². The maximum atomic E-state index is 10.4. The first kappa shape index (κ1) is 16.5. The lowest BCUT2D eigenvalue weighted by Crippen LogP contribution is -2.16. The Morgan fingerprint density at radius 2 is 2.21 bits per heavy atom. The molecule has 0 aromatic heterocycles. The molecule has 19 heavy (non-hydrogen) atoms. The van der Waals surface area contributed by atoms with Gasteiger partial charge in [0.1, 0.15) is 0 Å². The second kappa shape index (κ2) is 8.61. The van der Waals surface area contributed by atoms with Crippen molar-refractivity contribution < 1.29 is 9.90 Å². The molecule has 0 aliphatic heterocycles. The quantitative estimate of drug-likeness (QED) is 0.554. The van der Waals surface area contributed by atoms with Crippen LogP contribution in [-0.4, -0.2) is 22.9 Å². The summed E-state index contributed by atoms with van der Waals surface area (Å²) in [6, 6.07) is 6.29. The van der Waals surface area contributed by atoms with Crippen molar-refractivity contribution in [1.29, 1.82) is 0 Å². The van der Waals surface area contributed by atoms with Gasteiger partial charge < -0.3 is 10.4 Å². The molecule has 0 amide bonds. The van der Waals surface area contributed by atoms with E-state index in [9.17, 15) is 4.79 Å². The number of hydrogen-bond acceptors (Lipinski definition) is 3. The van der Waals surface area contributed by atoms with Crippen LogP contribution in [0.5, 0.6) is 0 Å². The molecule has 2 N–H and O–H groups in total. The highest BCUT2D eigenvalue weighted by Crippen LogP contribution is 2.29. The highest BCUT2D eigenvalue weighted by Gasteiger charge is 2.06. The third kappa shape index (κ3) is 6.99. The molecule has 0 fully saturated rings. The number of carbonyl (C=O) groups is 1. The summed E-state index contributed by atoms with van der Waals surface area (Å²) in [7, 11) is 0. The molecule has 3 nitrogen and oxygen atoms in total. The number of benzene rings is 1. The lowest BCUT2D eigenvalue weighted by molar-refractivity contribution is -0.137.